The zero-order valence-corrected chi connectivity index (χ0v) is 21.6. The average Bonchev–Trinajstić information content (AvgIpc) is 2.87. The quantitative estimate of drug-likeness (QED) is 0.596. The van der Waals surface area contributed by atoms with Crippen LogP contribution in [0.25, 0.3) is 0 Å². The molecule has 0 saturated carbocycles. The lowest BCUT2D eigenvalue weighted by Crippen LogP contribution is -2.49. The van der Waals surface area contributed by atoms with Crippen LogP contribution in [0.1, 0.15) is 61.0 Å². The van der Waals surface area contributed by atoms with Crippen LogP contribution in [-0.4, -0.2) is 72.1 Å². The van der Waals surface area contributed by atoms with E-state index in [2.05, 4.69) is 54.9 Å². The van der Waals surface area contributed by atoms with Gasteiger partial charge in [0.25, 0.3) is 5.91 Å². The first-order valence-electron chi connectivity index (χ1n) is 12.8. The number of hydrogen-bond acceptors (Lipinski definition) is 5. The van der Waals surface area contributed by atoms with Crippen molar-refractivity contribution in [2.75, 3.05) is 39.3 Å². The van der Waals surface area contributed by atoms with Crippen molar-refractivity contribution in [3.8, 4) is 0 Å². The highest BCUT2D eigenvalue weighted by Gasteiger charge is 2.28. The van der Waals surface area contributed by atoms with E-state index in [1.807, 2.05) is 35.2 Å². The standard InChI is InChI=1S/C30H37N3O3/c1-30(2,3)25-11-9-22(10-12-25)24-19-27(34)26(28(35)20-24)21-31-13-14-32-15-17-33(18-16-32)29(36)23-7-5-4-6-8-23/h4-12,21,24,34H,13-20H2,1-3H3. The minimum atomic E-state index is -0.0552. The first kappa shape index (κ1) is 25.8. The molecule has 1 fully saturated rings. The fraction of sp³-hybridized carbons (Fsp3) is 0.433. The normalized spacial score (nSPS) is 19.8. The Morgan fingerprint density at radius 2 is 1.67 bits per heavy atom. The van der Waals surface area contributed by atoms with E-state index in [1.165, 1.54) is 5.56 Å². The predicted molar refractivity (Wildman–Crippen MR) is 144 cm³/mol. The average molecular weight is 488 g/mol. The number of nitrogens with zero attached hydrogens (tertiary/aromatic N) is 3. The summed E-state index contributed by atoms with van der Waals surface area (Å²) in [5, 5.41) is 10.6. The number of carbonyl (C=O) groups is 2. The molecule has 1 unspecified atom stereocenters. The molecule has 1 saturated heterocycles. The molecule has 1 N–H and O–H groups in total. The van der Waals surface area contributed by atoms with Crippen molar-refractivity contribution in [1.82, 2.24) is 9.80 Å². The first-order chi connectivity index (χ1) is 17.2. The second-order valence-corrected chi connectivity index (χ2v) is 10.8. The molecule has 190 valence electrons. The van der Waals surface area contributed by atoms with Gasteiger partial charge in [0.05, 0.1) is 12.1 Å². The number of allylic oxidation sites excluding steroid dienone is 2. The van der Waals surface area contributed by atoms with Crippen molar-refractivity contribution in [2.45, 2.75) is 44.9 Å². The van der Waals surface area contributed by atoms with Gasteiger partial charge in [0, 0.05) is 57.3 Å². The molecule has 2 aromatic rings. The van der Waals surface area contributed by atoms with Crippen LogP contribution in [0.15, 0.2) is 70.9 Å². The van der Waals surface area contributed by atoms with E-state index in [0.29, 0.717) is 38.0 Å². The van der Waals surface area contributed by atoms with E-state index in [0.717, 1.165) is 30.8 Å². The Bertz CT molecular complexity index is 1120. The van der Waals surface area contributed by atoms with Gasteiger partial charge in [-0.2, -0.15) is 0 Å². The van der Waals surface area contributed by atoms with Crippen LogP contribution in [-0.2, 0) is 10.2 Å². The van der Waals surface area contributed by atoms with Gasteiger partial charge in [-0.25, -0.2) is 0 Å². The fourth-order valence-electron chi connectivity index (χ4n) is 4.84. The minimum absolute atomic E-state index is 0.00133. The Morgan fingerprint density at radius 3 is 2.28 bits per heavy atom. The fourth-order valence-corrected chi connectivity index (χ4v) is 4.84. The molecule has 1 heterocycles. The highest BCUT2D eigenvalue weighted by Crippen LogP contribution is 2.34. The second-order valence-electron chi connectivity index (χ2n) is 10.8. The van der Waals surface area contributed by atoms with E-state index in [1.54, 1.807) is 6.21 Å². The highest BCUT2D eigenvalue weighted by molar-refractivity contribution is 6.14. The van der Waals surface area contributed by atoms with Crippen molar-refractivity contribution in [3.05, 3.63) is 82.6 Å². The van der Waals surface area contributed by atoms with E-state index >= 15 is 0 Å². The maximum atomic E-state index is 12.8. The predicted octanol–water partition coefficient (Wildman–Crippen LogP) is 4.77. The molecule has 6 nitrogen and oxygen atoms in total. The lowest BCUT2D eigenvalue weighted by molar-refractivity contribution is -0.116. The van der Waals surface area contributed by atoms with Crippen LogP contribution in [0, 0.1) is 0 Å². The number of rotatable bonds is 6. The summed E-state index contributed by atoms with van der Waals surface area (Å²) >= 11 is 0. The molecule has 0 bridgehead atoms. The number of aliphatic hydroxyl groups is 1. The summed E-state index contributed by atoms with van der Waals surface area (Å²) in [7, 11) is 0. The summed E-state index contributed by atoms with van der Waals surface area (Å²) < 4.78 is 0. The van der Waals surface area contributed by atoms with E-state index in [-0.39, 0.29) is 28.8 Å². The van der Waals surface area contributed by atoms with Crippen molar-refractivity contribution >= 4 is 17.9 Å². The molecular formula is C30H37N3O3. The maximum absolute atomic E-state index is 12.8. The van der Waals surface area contributed by atoms with Crippen LogP contribution in [0.5, 0.6) is 0 Å². The number of hydrogen-bond donors (Lipinski definition) is 1. The second kappa shape index (κ2) is 11.2. The third-order valence-corrected chi connectivity index (χ3v) is 7.18. The third kappa shape index (κ3) is 6.30. The topological polar surface area (TPSA) is 73.2 Å². The van der Waals surface area contributed by atoms with Gasteiger partial charge in [0.2, 0.25) is 0 Å². The van der Waals surface area contributed by atoms with Crippen LogP contribution in [0.2, 0.25) is 0 Å². The Hall–Kier alpha value is -3.25. The van der Waals surface area contributed by atoms with Crippen molar-refractivity contribution in [2.24, 2.45) is 4.99 Å². The van der Waals surface area contributed by atoms with Crippen LogP contribution in [0.3, 0.4) is 0 Å². The molecule has 4 rings (SSSR count). The van der Waals surface area contributed by atoms with E-state index in [9.17, 15) is 14.7 Å². The molecule has 1 aliphatic carbocycles. The molecule has 1 amide bonds. The van der Waals surface area contributed by atoms with Crippen LogP contribution < -0.4 is 0 Å². The molecule has 1 aliphatic heterocycles. The minimum Gasteiger partial charge on any atom is -0.511 e. The molecule has 6 heteroatoms. The molecule has 0 spiro atoms. The summed E-state index contributed by atoms with van der Waals surface area (Å²) in [6.45, 7) is 10.8. The zero-order valence-electron chi connectivity index (χ0n) is 21.6. The number of piperazine rings is 1. The maximum Gasteiger partial charge on any atom is 0.253 e. The Balaban J connectivity index is 1.25. The van der Waals surface area contributed by atoms with Gasteiger partial charge >= 0.3 is 0 Å². The Morgan fingerprint density at radius 1 is 1.00 bits per heavy atom. The largest absolute Gasteiger partial charge is 0.511 e. The van der Waals surface area contributed by atoms with Gasteiger partial charge in [-0.3, -0.25) is 19.5 Å². The van der Waals surface area contributed by atoms with Gasteiger partial charge in [0.15, 0.2) is 5.78 Å². The number of aliphatic hydroxyl groups excluding tert-OH is 1. The summed E-state index contributed by atoms with van der Waals surface area (Å²) in [6.07, 6.45) is 2.39. The molecule has 0 radical (unpaired) electrons. The van der Waals surface area contributed by atoms with Crippen LogP contribution >= 0.6 is 0 Å². The Labute approximate surface area is 214 Å². The van der Waals surface area contributed by atoms with Crippen molar-refractivity contribution in [3.63, 3.8) is 0 Å². The van der Waals surface area contributed by atoms with Gasteiger partial charge in [0.1, 0.15) is 5.76 Å². The lowest BCUT2D eigenvalue weighted by Gasteiger charge is -2.34. The van der Waals surface area contributed by atoms with Gasteiger partial charge < -0.3 is 10.0 Å². The first-order valence-corrected chi connectivity index (χ1v) is 12.8. The highest BCUT2D eigenvalue weighted by atomic mass is 16.3. The number of carbonyl (C=O) groups excluding carboxylic acids is 2. The number of ketones is 1. The monoisotopic (exact) mass is 487 g/mol. The number of aliphatic imine (C=N–C) groups is 1. The Kier molecular flexibility index (Phi) is 8.04. The smallest absolute Gasteiger partial charge is 0.253 e. The summed E-state index contributed by atoms with van der Waals surface area (Å²) in [5.74, 6) is 0.155. The van der Waals surface area contributed by atoms with Crippen LogP contribution in [0.4, 0.5) is 0 Å². The summed E-state index contributed by atoms with van der Waals surface area (Å²) in [4.78, 5) is 34.0. The van der Waals surface area contributed by atoms with E-state index < -0.39 is 0 Å². The molecule has 1 atom stereocenters. The van der Waals surface area contributed by atoms with Crippen molar-refractivity contribution in [1.29, 1.82) is 0 Å². The SMILES string of the molecule is CC(C)(C)c1ccc(C2CC(=O)C(C=NCCN3CCN(C(=O)c4ccccc4)CC3)=C(O)C2)cc1. The molecular weight excluding hydrogens is 450 g/mol. The van der Waals surface area contributed by atoms with Gasteiger partial charge in [-0.05, 0) is 34.6 Å². The molecule has 0 aromatic heterocycles. The number of amides is 1. The number of Topliss-reactive ketones (excluding diaryl/α,β-unsaturated/α-hetero) is 1. The molecule has 36 heavy (non-hydrogen) atoms. The lowest BCUT2D eigenvalue weighted by atomic mass is 9.81. The number of benzene rings is 2. The zero-order chi connectivity index (χ0) is 25.7. The van der Waals surface area contributed by atoms with E-state index in [4.69, 9.17) is 0 Å². The summed E-state index contributed by atoms with van der Waals surface area (Å²) in [6, 6.07) is 17.8. The third-order valence-electron chi connectivity index (χ3n) is 7.18. The summed E-state index contributed by atoms with van der Waals surface area (Å²) in [5.41, 5.74) is 3.49. The molecule has 2 aliphatic rings. The van der Waals surface area contributed by atoms with Gasteiger partial charge in [-0.15, -0.1) is 0 Å². The van der Waals surface area contributed by atoms with Gasteiger partial charge in [-0.1, -0.05) is 63.2 Å². The molecule has 2 aromatic carbocycles. The van der Waals surface area contributed by atoms with Crippen molar-refractivity contribution < 1.29 is 14.7 Å².